The summed E-state index contributed by atoms with van der Waals surface area (Å²) in [4.78, 5) is 15.8. The van der Waals surface area contributed by atoms with Crippen molar-refractivity contribution in [2.75, 3.05) is 0 Å². The maximum absolute atomic E-state index is 13.4. The average Bonchev–Trinajstić information content (AvgIpc) is 2.24. The third-order valence-corrected chi connectivity index (χ3v) is 2.88. The zero-order valence-electron chi connectivity index (χ0n) is 8.30. The van der Waals surface area contributed by atoms with Crippen molar-refractivity contribution in [1.82, 2.24) is 9.55 Å². The zero-order valence-corrected chi connectivity index (χ0v) is 9.81. The Kier molecular flexibility index (Phi) is 2.86. The molecule has 0 atom stereocenters. The second-order valence-corrected chi connectivity index (χ2v) is 3.93. The van der Waals surface area contributed by atoms with Crippen LogP contribution in [-0.4, -0.2) is 9.55 Å². The van der Waals surface area contributed by atoms with Crippen LogP contribution in [0.25, 0.3) is 10.9 Å². The Hall–Kier alpha value is -1.13. The van der Waals surface area contributed by atoms with Gasteiger partial charge in [0.25, 0.3) is 5.56 Å². The minimum Gasteiger partial charge on any atom is -0.283 e. The van der Waals surface area contributed by atoms with Gasteiger partial charge in [-0.1, -0.05) is 11.6 Å². The molecule has 16 heavy (non-hydrogen) atoms. The van der Waals surface area contributed by atoms with E-state index in [4.69, 9.17) is 23.2 Å². The molecular weight excluding hydrogens is 254 g/mol. The second-order valence-electron chi connectivity index (χ2n) is 3.18. The van der Waals surface area contributed by atoms with Crippen LogP contribution in [-0.2, 0) is 6.54 Å². The molecule has 3 nitrogen and oxygen atoms in total. The monoisotopic (exact) mass is 260 g/mol. The van der Waals surface area contributed by atoms with E-state index < -0.39 is 11.4 Å². The first kappa shape index (κ1) is 11.4. The van der Waals surface area contributed by atoms with E-state index in [1.54, 1.807) is 6.92 Å². The molecule has 0 radical (unpaired) electrons. The average molecular weight is 261 g/mol. The van der Waals surface area contributed by atoms with Crippen LogP contribution < -0.4 is 5.56 Å². The van der Waals surface area contributed by atoms with Gasteiger partial charge in [0, 0.05) is 6.54 Å². The lowest BCUT2D eigenvalue weighted by Crippen LogP contribution is -2.21. The van der Waals surface area contributed by atoms with Crippen LogP contribution in [0.15, 0.2) is 16.9 Å². The zero-order chi connectivity index (χ0) is 11.9. The topological polar surface area (TPSA) is 34.9 Å². The summed E-state index contributed by atoms with van der Waals surface area (Å²) in [5.74, 6) is -0.610. The van der Waals surface area contributed by atoms with E-state index in [2.05, 4.69) is 4.98 Å². The lowest BCUT2D eigenvalue weighted by Gasteiger charge is -2.07. The van der Waals surface area contributed by atoms with E-state index in [1.165, 1.54) is 10.6 Å². The Balaban J connectivity index is 3.05. The smallest absolute Gasteiger partial charge is 0.263 e. The Labute approximate surface area is 100 Å². The quantitative estimate of drug-likeness (QED) is 0.740. The summed E-state index contributed by atoms with van der Waals surface area (Å²) in [5.41, 5.74) is -0.519. The maximum atomic E-state index is 13.4. The molecule has 0 spiro atoms. The predicted octanol–water partition coefficient (Wildman–Crippen LogP) is 2.86. The Bertz CT molecular complexity index is 624. The van der Waals surface area contributed by atoms with Gasteiger partial charge in [-0.15, -0.1) is 0 Å². The molecular formula is C10H7Cl2FN2O. The van der Waals surface area contributed by atoms with Gasteiger partial charge in [0.15, 0.2) is 0 Å². The first-order valence-corrected chi connectivity index (χ1v) is 5.36. The summed E-state index contributed by atoms with van der Waals surface area (Å²) in [7, 11) is 0. The second kappa shape index (κ2) is 4.03. The number of benzene rings is 1. The van der Waals surface area contributed by atoms with Crippen molar-refractivity contribution in [2.45, 2.75) is 13.5 Å². The summed E-state index contributed by atoms with van der Waals surface area (Å²) in [6.07, 6.45) is 0. The summed E-state index contributed by atoms with van der Waals surface area (Å²) < 4.78 is 14.7. The van der Waals surface area contributed by atoms with Crippen LogP contribution in [0.3, 0.4) is 0 Å². The molecule has 1 aromatic carbocycles. The van der Waals surface area contributed by atoms with Crippen molar-refractivity contribution in [3.63, 3.8) is 0 Å². The standard InChI is InChI=1S/C10H7Cl2FN2O/c1-2-15-9(16)7-5(11)3-4-6(13)8(7)14-10(15)12/h3-4H,2H2,1H3. The molecule has 6 heteroatoms. The maximum Gasteiger partial charge on any atom is 0.263 e. The third kappa shape index (κ3) is 1.58. The number of halogens is 3. The number of rotatable bonds is 1. The van der Waals surface area contributed by atoms with Gasteiger partial charge in [-0.3, -0.25) is 9.36 Å². The molecule has 0 aliphatic rings. The highest BCUT2D eigenvalue weighted by molar-refractivity contribution is 6.35. The highest BCUT2D eigenvalue weighted by Crippen LogP contribution is 2.22. The minimum atomic E-state index is -0.610. The SMILES string of the molecule is CCn1c(Cl)nc2c(F)ccc(Cl)c2c1=O. The van der Waals surface area contributed by atoms with Crippen LogP contribution in [0.1, 0.15) is 6.92 Å². The van der Waals surface area contributed by atoms with Crippen LogP contribution >= 0.6 is 23.2 Å². The van der Waals surface area contributed by atoms with Crippen molar-refractivity contribution < 1.29 is 4.39 Å². The highest BCUT2D eigenvalue weighted by Gasteiger charge is 2.14. The molecule has 0 saturated carbocycles. The van der Waals surface area contributed by atoms with E-state index in [1.807, 2.05) is 0 Å². The van der Waals surface area contributed by atoms with Crippen molar-refractivity contribution in [1.29, 1.82) is 0 Å². The summed E-state index contributed by atoms with van der Waals surface area (Å²) in [6.45, 7) is 2.10. The fourth-order valence-electron chi connectivity index (χ4n) is 1.50. The highest BCUT2D eigenvalue weighted by atomic mass is 35.5. The van der Waals surface area contributed by atoms with E-state index in [0.717, 1.165) is 6.07 Å². The molecule has 1 heterocycles. The molecule has 0 bridgehead atoms. The fourth-order valence-corrected chi connectivity index (χ4v) is 2.01. The van der Waals surface area contributed by atoms with Crippen LogP contribution in [0.5, 0.6) is 0 Å². The summed E-state index contributed by atoms with van der Waals surface area (Å²) >= 11 is 11.6. The van der Waals surface area contributed by atoms with Gasteiger partial charge in [-0.25, -0.2) is 9.37 Å². The molecule has 84 valence electrons. The van der Waals surface area contributed by atoms with Gasteiger partial charge in [-0.2, -0.15) is 0 Å². The number of hydrogen-bond acceptors (Lipinski definition) is 2. The van der Waals surface area contributed by atoms with Crippen LogP contribution in [0.4, 0.5) is 4.39 Å². The van der Waals surface area contributed by atoms with Gasteiger partial charge >= 0.3 is 0 Å². The summed E-state index contributed by atoms with van der Waals surface area (Å²) in [5, 5.41) is 0.196. The number of fused-ring (bicyclic) bond motifs is 1. The molecule has 0 aliphatic carbocycles. The predicted molar refractivity (Wildman–Crippen MR) is 61.7 cm³/mol. The normalized spacial score (nSPS) is 11.0. The molecule has 0 amide bonds. The Morgan fingerprint density at radius 1 is 1.44 bits per heavy atom. The van der Waals surface area contributed by atoms with Crippen molar-refractivity contribution in [2.24, 2.45) is 0 Å². The molecule has 0 fully saturated rings. The van der Waals surface area contributed by atoms with Gasteiger partial charge < -0.3 is 0 Å². The molecule has 2 aromatic rings. The molecule has 1 aromatic heterocycles. The number of hydrogen-bond donors (Lipinski definition) is 0. The van der Waals surface area contributed by atoms with E-state index in [9.17, 15) is 9.18 Å². The fraction of sp³-hybridized carbons (Fsp3) is 0.200. The Morgan fingerprint density at radius 3 is 2.75 bits per heavy atom. The van der Waals surface area contributed by atoms with Crippen LogP contribution in [0, 0.1) is 5.82 Å². The van der Waals surface area contributed by atoms with E-state index in [-0.39, 0.29) is 21.2 Å². The molecule has 0 unspecified atom stereocenters. The first-order valence-electron chi connectivity index (χ1n) is 4.60. The minimum absolute atomic E-state index is 0.0406. The lowest BCUT2D eigenvalue weighted by atomic mass is 10.2. The van der Waals surface area contributed by atoms with Crippen molar-refractivity contribution in [3.8, 4) is 0 Å². The number of nitrogens with zero attached hydrogens (tertiary/aromatic N) is 2. The molecule has 0 saturated heterocycles. The van der Waals surface area contributed by atoms with Gasteiger partial charge in [0.05, 0.1) is 10.4 Å². The molecule has 0 aliphatic heterocycles. The lowest BCUT2D eigenvalue weighted by molar-refractivity contribution is 0.633. The van der Waals surface area contributed by atoms with Crippen molar-refractivity contribution >= 4 is 34.1 Å². The largest absolute Gasteiger partial charge is 0.283 e. The van der Waals surface area contributed by atoms with E-state index >= 15 is 0 Å². The Morgan fingerprint density at radius 2 is 2.12 bits per heavy atom. The molecule has 0 N–H and O–H groups in total. The van der Waals surface area contributed by atoms with Gasteiger partial charge in [-0.05, 0) is 30.7 Å². The van der Waals surface area contributed by atoms with Gasteiger partial charge in [0.2, 0.25) is 5.28 Å². The third-order valence-electron chi connectivity index (χ3n) is 2.28. The number of aromatic nitrogens is 2. The van der Waals surface area contributed by atoms with Crippen LogP contribution in [0.2, 0.25) is 10.3 Å². The van der Waals surface area contributed by atoms with E-state index in [0.29, 0.717) is 6.54 Å². The van der Waals surface area contributed by atoms with Crippen molar-refractivity contribution in [3.05, 3.63) is 38.6 Å². The first-order chi connectivity index (χ1) is 7.56. The molecule has 2 rings (SSSR count). The summed E-state index contributed by atoms with van der Waals surface area (Å²) in [6, 6.07) is 2.49. The van der Waals surface area contributed by atoms with Gasteiger partial charge in [0.1, 0.15) is 11.3 Å².